The van der Waals surface area contributed by atoms with Crippen LogP contribution in [0.15, 0.2) is 0 Å². The maximum absolute atomic E-state index is 8.55. The second-order valence-corrected chi connectivity index (χ2v) is 1.34. The Balaban J connectivity index is -0.0000000800. The summed E-state index contributed by atoms with van der Waals surface area (Å²) in [6, 6.07) is 0. The van der Waals surface area contributed by atoms with Crippen molar-refractivity contribution in [2.75, 3.05) is 0 Å². The number of phosphoric acid groups is 1. The van der Waals surface area contributed by atoms with E-state index in [4.69, 9.17) is 19.2 Å². The van der Waals surface area contributed by atoms with Crippen LogP contribution in [-0.2, 0) is 4.57 Å². The first-order valence-electron chi connectivity index (χ1n) is 0.730. The Bertz CT molecular complexity index is 57.8. The molecule has 7 heteroatoms. The van der Waals surface area contributed by atoms with Gasteiger partial charge in [0.05, 0.1) is 12.4 Å². The number of halogens is 1. The van der Waals surface area contributed by atoms with Crippen molar-refractivity contribution in [1.82, 2.24) is 0 Å². The molecule has 0 aromatic rings. The van der Waals surface area contributed by atoms with Gasteiger partial charge >= 0.3 is 37.7 Å². The second-order valence-electron chi connectivity index (χ2n) is 0.447. The van der Waals surface area contributed by atoms with Gasteiger partial charge in [-0.25, -0.2) is 0 Å². The Morgan fingerprint density at radius 1 is 1.14 bits per heavy atom. The average molecular weight is 173 g/mol. The summed E-state index contributed by atoms with van der Waals surface area (Å²) in [6.45, 7) is 0. The summed E-state index contributed by atoms with van der Waals surface area (Å²) in [5.74, 6) is 0. The molecule has 0 saturated heterocycles. The molecule has 0 aliphatic rings. The summed E-state index contributed by atoms with van der Waals surface area (Å²) < 4.78 is 8.55. The second kappa shape index (κ2) is 5.79. The van der Waals surface area contributed by atoms with Crippen LogP contribution in [0, 0.1) is 12.4 Å². The zero-order valence-electron chi connectivity index (χ0n) is 3.23. The number of hydrogen-bond acceptors (Lipinski definition) is 4. The summed E-state index contributed by atoms with van der Waals surface area (Å²) in [5.41, 5.74) is 0. The molecule has 0 saturated carbocycles. The van der Waals surface area contributed by atoms with Crippen LogP contribution in [0.4, 0.5) is 0 Å². The first kappa shape index (κ1) is 15.9. The molecule has 0 atom stereocenters. The van der Waals surface area contributed by atoms with Crippen molar-refractivity contribution < 1.29 is 31.7 Å². The molecule has 0 unspecified atom stereocenters. The Hall–Kier alpha value is 1.66. The van der Waals surface area contributed by atoms with Gasteiger partial charge in [-0.05, 0) is 0 Å². The zero-order chi connectivity index (χ0) is 4.50. The Kier molecular flexibility index (Phi) is 13.1. The molecule has 0 fully saturated rings. The van der Waals surface area contributed by atoms with Crippen molar-refractivity contribution in [3.63, 3.8) is 0 Å². The summed E-state index contributed by atoms with van der Waals surface area (Å²) in [4.78, 5) is 25.6. The first-order chi connectivity index (χ1) is 2.00. The molecule has 40 valence electrons. The summed E-state index contributed by atoms with van der Waals surface area (Å²) in [5, 5.41) is 0. The third-order valence-corrected chi connectivity index (χ3v) is 0. The van der Waals surface area contributed by atoms with Gasteiger partial charge in [0.1, 0.15) is 0 Å². The largest absolute Gasteiger partial charge is 2.00 e. The quantitative estimate of drug-likeness (QED) is 0.278. The van der Waals surface area contributed by atoms with E-state index in [9.17, 15) is 0 Å². The van der Waals surface area contributed by atoms with E-state index in [1.165, 1.54) is 0 Å². The molecular weight excluding hydrogens is 171 g/mol. The minimum absolute atomic E-state index is 0. The smallest absolute Gasteiger partial charge is 0.822 e. The van der Waals surface area contributed by atoms with Gasteiger partial charge in [-0.15, -0.1) is 0 Å². The Morgan fingerprint density at radius 2 is 1.14 bits per heavy atom. The monoisotopic (exact) mass is 172 g/mol. The van der Waals surface area contributed by atoms with Crippen LogP contribution < -0.4 is 14.7 Å². The van der Waals surface area contributed by atoms with E-state index in [0.29, 0.717) is 0 Å². The first-order valence-corrected chi connectivity index (χ1v) is 2.19. The van der Waals surface area contributed by atoms with Crippen LogP contribution in [0.3, 0.4) is 0 Å². The van der Waals surface area contributed by atoms with Crippen molar-refractivity contribution in [2.45, 2.75) is 0 Å². The Labute approximate surface area is 76.6 Å². The van der Waals surface area contributed by atoms with Crippen molar-refractivity contribution in [2.24, 2.45) is 0 Å². The van der Waals surface area contributed by atoms with Gasteiger partial charge < -0.3 is 19.2 Å². The summed E-state index contributed by atoms with van der Waals surface area (Å²) in [7, 11) is -5.39. The molecule has 4 nitrogen and oxygen atoms in total. The Morgan fingerprint density at radius 3 is 1.14 bits per heavy atom. The van der Waals surface area contributed by atoms with Gasteiger partial charge in [-0.3, -0.25) is 0 Å². The normalized spacial score (nSPS) is 8.43. The van der Waals surface area contributed by atoms with E-state index in [1.54, 1.807) is 0 Å². The molecule has 0 aromatic heterocycles. The van der Waals surface area contributed by atoms with Gasteiger partial charge in [0.2, 0.25) is 0 Å². The molecule has 0 N–H and O–H groups in total. The van der Waals surface area contributed by atoms with Gasteiger partial charge in [0.15, 0.2) is 0 Å². The van der Waals surface area contributed by atoms with Crippen molar-refractivity contribution >= 4 is 45.6 Å². The molecular formula is H2CaClO4P. The van der Waals surface area contributed by atoms with E-state index in [0.717, 1.165) is 0 Å². The zero-order valence-corrected chi connectivity index (χ0v) is 7.23. The number of rotatable bonds is 0. The van der Waals surface area contributed by atoms with Crippen molar-refractivity contribution in [3.05, 3.63) is 0 Å². The predicted octanol–water partition coefficient (Wildman–Crippen LogP) is -3.74. The molecule has 0 amide bonds. The van der Waals surface area contributed by atoms with Gasteiger partial charge in [0.25, 0.3) is 0 Å². The fourth-order valence-corrected chi connectivity index (χ4v) is 0. The van der Waals surface area contributed by atoms with Crippen molar-refractivity contribution in [3.8, 4) is 0 Å². The summed E-state index contributed by atoms with van der Waals surface area (Å²) >= 11 is 0. The minimum Gasteiger partial charge on any atom is -0.822 e. The topological polar surface area (TPSA) is 86.2 Å². The third kappa shape index (κ3) is 89.1. The average Bonchev–Trinajstić information content (AvgIpc) is 0.722. The van der Waals surface area contributed by atoms with Crippen LogP contribution in [0.2, 0.25) is 0 Å². The van der Waals surface area contributed by atoms with Gasteiger partial charge in [-0.1, -0.05) is 0 Å². The molecule has 0 aliphatic heterocycles. The fraction of sp³-hybridized carbons (Fsp3) is 0. The van der Waals surface area contributed by atoms with Crippen molar-refractivity contribution in [1.29, 1.82) is 0 Å². The maximum atomic E-state index is 8.55. The van der Waals surface area contributed by atoms with E-state index < -0.39 is 7.82 Å². The SMILES string of the molecule is O=P([O-])([O-])[O-].[Ca+2].[ClH2+]. The predicted molar refractivity (Wildman–Crippen MR) is 16.2 cm³/mol. The standard InChI is InChI=1S/Ca.ClH2.H3O4P/c;;1-5(2,3)4/h;1H2;(H3,1,2,3,4)/q+2;+1;/p-3. The molecule has 0 aromatic carbocycles. The van der Waals surface area contributed by atoms with E-state index in [1.807, 2.05) is 0 Å². The minimum atomic E-state index is -5.39. The summed E-state index contributed by atoms with van der Waals surface area (Å²) in [6.07, 6.45) is 0. The molecule has 0 bridgehead atoms. The van der Waals surface area contributed by atoms with Crippen LogP contribution in [-0.4, -0.2) is 37.7 Å². The van der Waals surface area contributed by atoms with E-state index in [2.05, 4.69) is 0 Å². The third-order valence-electron chi connectivity index (χ3n) is 0. The molecule has 0 rings (SSSR count). The van der Waals surface area contributed by atoms with Crippen LogP contribution in [0.1, 0.15) is 0 Å². The molecule has 0 aliphatic carbocycles. The molecule has 7 heavy (non-hydrogen) atoms. The number of hydrogen-bond donors (Lipinski definition) is 0. The fourth-order valence-electron chi connectivity index (χ4n) is 0. The van der Waals surface area contributed by atoms with Gasteiger partial charge in [0, 0.05) is 0 Å². The van der Waals surface area contributed by atoms with Crippen LogP contribution >= 0.6 is 7.82 Å². The molecule has 0 heterocycles. The van der Waals surface area contributed by atoms with E-state index in [-0.39, 0.29) is 50.1 Å². The van der Waals surface area contributed by atoms with E-state index >= 15 is 0 Å². The van der Waals surface area contributed by atoms with Gasteiger partial charge in [-0.2, -0.15) is 7.82 Å². The molecule has 0 radical (unpaired) electrons. The van der Waals surface area contributed by atoms with Crippen LogP contribution in [0.25, 0.3) is 0 Å². The maximum Gasteiger partial charge on any atom is 2.00 e. The molecule has 0 spiro atoms. The van der Waals surface area contributed by atoms with Crippen LogP contribution in [0.5, 0.6) is 0 Å².